The van der Waals surface area contributed by atoms with Gasteiger partial charge in [-0.25, -0.2) is 0 Å². The van der Waals surface area contributed by atoms with Crippen molar-refractivity contribution >= 4 is 27.5 Å². The molecule has 0 radical (unpaired) electrons. The number of carbonyl (C=O) groups is 1. The minimum Gasteiger partial charge on any atom is -0.344 e. The Morgan fingerprint density at radius 2 is 2.00 bits per heavy atom. The Hall–Kier alpha value is -1.46. The fourth-order valence-corrected chi connectivity index (χ4v) is 6.00. The van der Waals surface area contributed by atoms with Crippen molar-refractivity contribution in [3.05, 3.63) is 66.0 Å². The lowest BCUT2D eigenvalue weighted by Crippen LogP contribution is -2.29. The van der Waals surface area contributed by atoms with Crippen molar-refractivity contribution in [3.8, 4) is 0 Å². The van der Waals surface area contributed by atoms with Gasteiger partial charge in [0.15, 0.2) is 0 Å². The highest BCUT2D eigenvalue weighted by molar-refractivity contribution is 8.77. The SMILES string of the molecule is O=C(CCCCC1CCSS1)NC(c1ccccc1)c1ccccn1. The van der Waals surface area contributed by atoms with Crippen LogP contribution in [0, 0.1) is 0 Å². The predicted octanol–water partition coefficient (Wildman–Crippen LogP) is 5.00. The third-order valence-electron chi connectivity index (χ3n) is 4.33. The first-order valence-electron chi connectivity index (χ1n) is 8.86. The maximum absolute atomic E-state index is 12.4. The Bertz CT molecular complexity index is 606. The predicted molar refractivity (Wildman–Crippen MR) is 108 cm³/mol. The molecular formula is C20H24N2OS2. The van der Waals surface area contributed by atoms with Crippen LogP contribution in [0.1, 0.15) is 49.4 Å². The normalized spacial score (nSPS) is 18.0. The summed E-state index contributed by atoms with van der Waals surface area (Å²) in [5, 5.41) is 3.96. The van der Waals surface area contributed by atoms with Crippen molar-refractivity contribution in [1.82, 2.24) is 10.3 Å². The topological polar surface area (TPSA) is 42.0 Å². The maximum atomic E-state index is 12.4. The van der Waals surface area contributed by atoms with E-state index in [-0.39, 0.29) is 11.9 Å². The lowest BCUT2D eigenvalue weighted by Gasteiger charge is -2.19. The van der Waals surface area contributed by atoms with E-state index in [2.05, 4.69) is 10.3 Å². The summed E-state index contributed by atoms with van der Waals surface area (Å²) < 4.78 is 0. The molecule has 1 N–H and O–H groups in total. The molecule has 0 saturated carbocycles. The number of aromatic nitrogens is 1. The quantitative estimate of drug-likeness (QED) is 0.523. The van der Waals surface area contributed by atoms with E-state index in [9.17, 15) is 4.79 Å². The monoisotopic (exact) mass is 372 g/mol. The minimum absolute atomic E-state index is 0.105. The van der Waals surface area contributed by atoms with Crippen LogP contribution in [0.3, 0.4) is 0 Å². The van der Waals surface area contributed by atoms with E-state index in [1.807, 2.05) is 70.1 Å². The van der Waals surface area contributed by atoms with Crippen molar-refractivity contribution in [2.24, 2.45) is 0 Å². The summed E-state index contributed by atoms with van der Waals surface area (Å²) in [6.45, 7) is 0. The van der Waals surface area contributed by atoms with Gasteiger partial charge in [0, 0.05) is 23.6 Å². The van der Waals surface area contributed by atoms with Gasteiger partial charge in [-0.2, -0.15) is 0 Å². The average Bonchev–Trinajstić information content (AvgIpc) is 3.18. The zero-order valence-corrected chi connectivity index (χ0v) is 15.9. The molecule has 3 rings (SSSR count). The molecule has 1 saturated heterocycles. The number of pyridine rings is 1. The number of hydrogen-bond acceptors (Lipinski definition) is 4. The third kappa shape index (κ3) is 5.79. The molecule has 1 aromatic carbocycles. The molecule has 3 nitrogen and oxygen atoms in total. The van der Waals surface area contributed by atoms with Crippen LogP contribution in [0.2, 0.25) is 0 Å². The van der Waals surface area contributed by atoms with Crippen LogP contribution in [0.15, 0.2) is 54.7 Å². The van der Waals surface area contributed by atoms with E-state index in [1.54, 1.807) is 6.20 Å². The molecule has 1 aromatic heterocycles. The van der Waals surface area contributed by atoms with E-state index < -0.39 is 0 Å². The summed E-state index contributed by atoms with van der Waals surface area (Å²) in [6.07, 6.45) is 6.99. The smallest absolute Gasteiger partial charge is 0.220 e. The largest absolute Gasteiger partial charge is 0.344 e. The van der Waals surface area contributed by atoms with Gasteiger partial charge in [-0.15, -0.1) is 0 Å². The van der Waals surface area contributed by atoms with Gasteiger partial charge >= 0.3 is 0 Å². The Kier molecular flexibility index (Phi) is 7.24. The van der Waals surface area contributed by atoms with Gasteiger partial charge in [0.25, 0.3) is 0 Å². The number of carbonyl (C=O) groups excluding carboxylic acids is 1. The number of nitrogens with one attached hydrogen (secondary N) is 1. The molecule has 0 spiro atoms. The fourth-order valence-electron chi connectivity index (χ4n) is 2.98. The van der Waals surface area contributed by atoms with Gasteiger partial charge in [0.05, 0.1) is 11.7 Å². The van der Waals surface area contributed by atoms with E-state index in [0.717, 1.165) is 29.3 Å². The second kappa shape index (κ2) is 9.88. The lowest BCUT2D eigenvalue weighted by molar-refractivity contribution is -0.121. The zero-order chi connectivity index (χ0) is 17.3. The molecule has 1 fully saturated rings. The number of unbranched alkanes of at least 4 members (excludes halogenated alkanes) is 1. The highest BCUT2D eigenvalue weighted by Crippen LogP contribution is 2.39. The van der Waals surface area contributed by atoms with Crippen LogP contribution in [-0.4, -0.2) is 21.9 Å². The zero-order valence-electron chi connectivity index (χ0n) is 14.3. The van der Waals surface area contributed by atoms with E-state index in [0.29, 0.717) is 6.42 Å². The number of hydrogen-bond donors (Lipinski definition) is 1. The van der Waals surface area contributed by atoms with Gasteiger partial charge in [-0.05, 0) is 37.0 Å². The molecule has 0 aliphatic carbocycles. The molecular weight excluding hydrogens is 348 g/mol. The molecule has 25 heavy (non-hydrogen) atoms. The van der Waals surface area contributed by atoms with Gasteiger partial charge in [0.1, 0.15) is 0 Å². The average molecular weight is 373 g/mol. The minimum atomic E-state index is -0.184. The number of benzene rings is 1. The fraction of sp³-hybridized carbons (Fsp3) is 0.400. The lowest BCUT2D eigenvalue weighted by atomic mass is 10.0. The van der Waals surface area contributed by atoms with Crippen LogP contribution >= 0.6 is 21.6 Å². The summed E-state index contributed by atoms with van der Waals surface area (Å²) >= 11 is 0. The van der Waals surface area contributed by atoms with Crippen molar-refractivity contribution in [3.63, 3.8) is 0 Å². The summed E-state index contributed by atoms with van der Waals surface area (Å²) in [5.74, 6) is 1.38. The highest BCUT2D eigenvalue weighted by atomic mass is 33.1. The molecule has 5 heteroatoms. The van der Waals surface area contributed by atoms with Gasteiger partial charge in [-0.3, -0.25) is 9.78 Å². The highest BCUT2D eigenvalue weighted by Gasteiger charge is 2.18. The molecule has 2 aromatic rings. The second-order valence-corrected chi connectivity index (χ2v) is 9.03. The third-order valence-corrected chi connectivity index (χ3v) is 7.34. The van der Waals surface area contributed by atoms with Crippen LogP contribution in [-0.2, 0) is 4.79 Å². The number of nitrogens with zero attached hydrogens (tertiary/aromatic N) is 1. The van der Waals surface area contributed by atoms with Crippen LogP contribution in [0.4, 0.5) is 0 Å². The molecule has 2 unspecified atom stereocenters. The maximum Gasteiger partial charge on any atom is 0.220 e. The van der Waals surface area contributed by atoms with Gasteiger partial charge in [-0.1, -0.05) is 64.4 Å². The molecule has 2 heterocycles. The second-order valence-electron chi connectivity index (χ2n) is 6.24. The van der Waals surface area contributed by atoms with Gasteiger partial charge in [0.2, 0.25) is 5.91 Å². The molecule has 2 atom stereocenters. The van der Waals surface area contributed by atoms with Crippen LogP contribution < -0.4 is 5.32 Å². The molecule has 1 aliphatic rings. The summed E-state index contributed by atoms with van der Waals surface area (Å²) in [5.41, 5.74) is 1.94. The van der Waals surface area contributed by atoms with Crippen LogP contribution in [0.5, 0.6) is 0 Å². The first kappa shape index (κ1) is 18.3. The Balaban J connectivity index is 1.53. The van der Waals surface area contributed by atoms with Crippen molar-refractivity contribution in [1.29, 1.82) is 0 Å². The molecule has 132 valence electrons. The van der Waals surface area contributed by atoms with Crippen LogP contribution in [0.25, 0.3) is 0 Å². The van der Waals surface area contributed by atoms with Gasteiger partial charge < -0.3 is 5.32 Å². The van der Waals surface area contributed by atoms with Crippen molar-refractivity contribution < 1.29 is 4.79 Å². The van der Waals surface area contributed by atoms with E-state index in [1.165, 1.54) is 18.6 Å². The number of rotatable bonds is 8. The molecule has 0 bridgehead atoms. The number of amides is 1. The Labute approximate surface area is 157 Å². The summed E-state index contributed by atoms with van der Waals surface area (Å²) in [7, 11) is 3.99. The van der Waals surface area contributed by atoms with Crippen molar-refractivity contribution in [2.75, 3.05) is 5.75 Å². The van der Waals surface area contributed by atoms with E-state index in [4.69, 9.17) is 0 Å². The molecule has 1 aliphatic heterocycles. The summed E-state index contributed by atoms with van der Waals surface area (Å²) in [4.78, 5) is 16.9. The standard InChI is InChI=1S/C20H24N2OS2/c23-19(12-5-4-10-17-13-15-24-25-17)22-20(16-8-2-1-3-9-16)18-11-6-7-14-21-18/h1-3,6-9,11,14,17,20H,4-5,10,12-13,15H2,(H,22,23). The Morgan fingerprint density at radius 3 is 2.72 bits per heavy atom. The Morgan fingerprint density at radius 1 is 1.16 bits per heavy atom. The van der Waals surface area contributed by atoms with E-state index >= 15 is 0 Å². The van der Waals surface area contributed by atoms with Crippen molar-refractivity contribution in [2.45, 2.75) is 43.4 Å². The first-order valence-corrected chi connectivity index (χ1v) is 11.2. The summed E-state index contributed by atoms with van der Waals surface area (Å²) in [6, 6.07) is 15.7. The molecule has 1 amide bonds. The first-order chi connectivity index (χ1) is 12.3.